The van der Waals surface area contributed by atoms with Gasteiger partial charge in [0.25, 0.3) is 11.8 Å². The Kier molecular flexibility index (Phi) is 8.41. The summed E-state index contributed by atoms with van der Waals surface area (Å²) in [6.07, 6.45) is 0.989. The van der Waals surface area contributed by atoms with Gasteiger partial charge in [-0.05, 0) is 84.0 Å². The van der Waals surface area contributed by atoms with Crippen LogP contribution in [-0.4, -0.2) is 30.1 Å². The third-order valence-electron chi connectivity index (χ3n) is 3.96. The molecule has 0 aliphatic heterocycles. The van der Waals surface area contributed by atoms with Crippen LogP contribution in [0.25, 0.3) is 0 Å². The molecule has 0 radical (unpaired) electrons. The SMILES string of the molecule is CCC(C)Oc1ccc(C(=O)NC(=S)NNC(=O)c2ccc(OC)c(Br)c2)cc1. The molecule has 0 saturated heterocycles. The first-order valence-corrected chi connectivity index (χ1v) is 10.1. The van der Waals surface area contributed by atoms with Crippen molar-refractivity contribution in [2.24, 2.45) is 0 Å². The van der Waals surface area contributed by atoms with Crippen LogP contribution < -0.4 is 25.6 Å². The highest BCUT2D eigenvalue weighted by Crippen LogP contribution is 2.25. The summed E-state index contributed by atoms with van der Waals surface area (Å²) in [5.41, 5.74) is 5.73. The molecule has 3 N–H and O–H groups in total. The molecule has 0 aromatic heterocycles. The standard InChI is InChI=1S/C20H22BrN3O4S/c1-4-12(2)28-15-8-5-13(6-9-15)18(25)22-20(29)24-23-19(26)14-7-10-17(27-3)16(21)11-14/h5-12H,4H2,1-3H3,(H,23,26)(H2,22,24,25,29). The minimum atomic E-state index is -0.420. The zero-order chi connectivity index (χ0) is 21.4. The molecule has 0 fully saturated rings. The molecule has 154 valence electrons. The van der Waals surface area contributed by atoms with E-state index in [0.29, 0.717) is 27.1 Å². The Morgan fingerprint density at radius 3 is 2.31 bits per heavy atom. The molecule has 2 rings (SSSR count). The quantitative estimate of drug-likeness (QED) is 0.433. The molecule has 0 bridgehead atoms. The first-order chi connectivity index (χ1) is 13.8. The zero-order valence-electron chi connectivity index (χ0n) is 16.2. The lowest BCUT2D eigenvalue weighted by Gasteiger charge is -2.13. The molecule has 2 aromatic rings. The number of hydrazine groups is 1. The maximum atomic E-state index is 12.3. The number of halogens is 1. The van der Waals surface area contributed by atoms with E-state index < -0.39 is 11.8 Å². The first-order valence-electron chi connectivity index (χ1n) is 8.86. The average Bonchev–Trinajstić information content (AvgIpc) is 2.72. The fourth-order valence-corrected chi connectivity index (χ4v) is 2.88. The molecule has 1 atom stereocenters. The monoisotopic (exact) mass is 479 g/mol. The highest BCUT2D eigenvalue weighted by Gasteiger charge is 2.11. The van der Waals surface area contributed by atoms with Crippen LogP contribution in [-0.2, 0) is 0 Å². The molecule has 9 heteroatoms. The topological polar surface area (TPSA) is 88.7 Å². The van der Waals surface area contributed by atoms with Gasteiger partial charge in [0.1, 0.15) is 11.5 Å². The second-order valence-electron chi connectivity index (χ2n) is 6.07. The normalized spacial score (nSPS) is 11.2. The largest absolute Gasteiger partial charge is 0.496 e. The van der Waals surface area contributed by atoms with Crippen molar-refractivity contribution < 1.29 is 19.1 Å². The van der Waals surface area contributed by atoms with Gasteiger partial charge in [-0.1, -0.05) is 6.92 Å². The summed E-state index contributed by atoms with van der Waals surface area (Å²) in [7, 11) is 1.54. The molecule has 0 saturated carbocycles. The molecule has 0 heterocycles. The molecule has 29 heavy (non-hydrogen) atoms. The van der Waals surface area contributed by atoms with Crippen LogP contribution in [0.3, 0.4) is 0 Å². The van der Waals surface area contributed by atoms with E-state index in [9.17, 15) is 9.59 Å². The number of rotatable bonds is 6. The van der Waals surface area contributed by atoms with Gasteiger partial charge in [-0.15, -0.1) is 0 Å². The van der Waals surface area contributed by atoms with E-state index in [0.717, 1.165) is 6.42 Å². The fraction of sp³-hybridized carbons (Fsp3) is 0.250. The van der Waals surface area contributed by atoms with Crippen molar-refractivity contribution in [1.29, 1.82) is 0 Å². The van der Waals surface area contributed by atoms with Gasteiger partial charge < -0.3 is 9.47 Å². The minimum Gasteiger partial charge on any atom is -0.496 e. The number of ether oxygens (including phenoxy) is 2. The van der Waals surface area contributed by atoms with Crippen molar-refractivity contribution in [2.45, 2.75) is 26.4 Å². The Hall–Kier alpha value is -2.65. The third-order valence-corrected chi connectivity index (χ3v) is 4.78. The number of carbonyl (C=O) groups is 2. The lowest BCUT2D eigenvalue weighted by molar-refractivity contribution is 0.0934. The summed E-state index contributed by atoms with van der Waals surface area (Å²) in [6, 6.07) is 11.6. The number of methoxy groups -OCH3 is 1. The Labute approximate surface area is 183 Å². The number of amides is 2. The molecular weight excluding hydrogens is 458 g/mol. The van der Waals surface area contributed by atoms with Crippen molar-refractivity contribution in [3.63, 3.8) is 0 Å². The predicted octanol–water partition coefficient (Wildman–Crippen LogP) is 3.58. The third kappa shape index (κ3) is 6.72. The van der Waals surface area contributed by atoms with E-state index in [1.807, 2.05) is 13.8 Å². The van der Waals surface area contributed by atoms with E-state index in [-0.39, 0.29) is 11.2 Å². The summed E-state index contributed by atoms with van der Waals surface area (Å²) in [6.45, 7) is 4.01. The number of carbonyl (C=O) groups excluding carboxylic acids is 2. The fourth-order valence-electron chi connectivity index (χ4n) is 2.20. The minimum absolute atomic E-state index is 0.0316. The molecule has 0 aliphatic rings. The highest BCUT2D eigenvalue weighted by atomic mass is 79.9. The van der Waals surface area contributed by atoms with Gasteiger partial charge in [0, 0.05) is 11.1 Å². The second-order valence-corrected chi connectivity index (χ2v) is 7.34. The highest BCUT2D eigenvalue weighted by molar-refractivity contribution is 9.10. The van der Waals surface area contributed by atoms with Gasteiger partial charge in [-0.2, -0.15) is 0 Å². The Balaban J connectivity index is 1.86. The van der Waals surface area contributed by atoms with Gasteiger partial charge in [-0.25, -0.2) is 0 Å². The molecule has 0 spiro atoms. The van der Waals surface area contributed by atoms with Gasteiger partial charge in [0.15, 0.2) is 5.11 Å². The van der Waals surface area contributed by atoms with Crippen molar-refractivity contribution in [2.75, 3.05) is 7.11 Å². The Morgan fingerprint density at radius 2 is 1.72 bits per heavy atom. The van der Waals surface area contributed by atoms with Crippen LogP contribution in [0, 0.1) is 0 Å². The maximum Gasteiger partial charge on any atom is 0.269 e. The van der Waals surface area contributed by atoms with Crippen LogP contribution in [0.5, 0.6) is 11.5 Å². The molecule has 1 unspecified atom stereocenters. The zero-order valence-corrected chi connectivity index (χ0v) is 18.6. The number of hydrogen-bond donors (Lipinski definition) is 3. The molecular formula is C20H22BrN3O4S. The van der Waals surface area contributed by atoms with Crippen molar-refractivity contribution >= 4 is 45.1 Å². The molecule has 0 aliphatic carbocycles. The maximum absolute atomic E-state index is 12.3. The van der Waals surface area contributed by atoms with Crippen LogP contribution >= 0.6 is 28.1 Å². The van der Waals surface area contributed by atoms with E-state index >= 15 is 0 Å². The van der Waals surface area contributed by atoms with Gasteiger partial charge in [0.2, 0.25) is 0 Å². The lowest BCUT2D eigenvalue weighted by atomic mass is 10.2. The number of hydrogen-bond acceptors (Lipinski definition) is 5. The summed E-state index contributed by atoms with van der Waals surface area (Å²) >= 11 is 8.37. The van der Waals surface area contributed by atoms with Crippen LogP contribution in [0.15, 0.2) is 46.9 Å². The van der Waals surface area contributed by atoms with E-state index in [1.165, 1.54) is 7.11 Å². The molecule has 2 aromatic carbocycles. The van der Waals surface area contributed by atoms with E-state index in [4.69, 9.17) is 21.7 Å². The first kappa shape index (κ1) is 22.6. The lowest BCUT2D eigenvalue weighted by Crippen LogP contribution is -2.48. The smallest absolute Gasteiger partial charge is 0.269 e. The average molecular weight is 480 g/mol. The second kappa shape index (κ2) is 10.8. The van der Waals surface area contributed by atoms with Gasteiger partial charge in [0.05, 0.1) is 17.7 Å². The number of nitrogens with one attached hydrogen (secondary N) is 3. The van der Waals surface area contributed by atoms with Crippen LogP contribution in [0.2, 0.25) is 0 Å². The van der Waals surface area contributed by atoms with Crippen molar-refractivity contribution in [1.82, 2.24) is 16.2 Å². The Bertz CT molecular complexity index is 890. The summed E-state index contributed by atoms with van der Waals surface area (Å²) in [4.78, 5) is 24.4. The number of thiocarbonyl (C=S) groups is 1. The van der Waals surface area contributed by atoms with Gasteiger partial charge >= 0.3 is 0 Å². The summed E-state index contributed by atoms with van der Waals surface area (Å²) in [5.74, 6) is 0.475. The molecule has 2 amide bonds. The molecule has 7 nitrogen and oxygen atoms in total. The Morgan fingerprint density at radius 1 is 1.07 bits per heavy atom. The van der Waals surface area contributed by atoms with Crippen molar-refractivity contribution in [3.8, 4) is 11.5 Å². The van der Waals surface area contributed by atoms with Crippen molar-refractivity contribution in [3.05, 3.63) is 58.1 Å². The van der Waals surface area contributed by atoms with Crippen LogP contribution in [0.4, 0.5) is 0 Å². The summed E-state index contributed by atoms with van der Waals surface area (Å²) in [5, 5.41) is 2.47. The van der Waals surface area contributed by atoms with Crippen LogP contribution in [0.1, 0.15) is 41.0 Å². The number of benzene rings is 2. The van der Waals surface area contributed by atoms with Gasteiger partial charge in [-0.3, -0.25) is 25.8 Å². The van der Waals surface area contributed by atoms with E-state index in [2.05, 4.69) is 32.1 Å². The van der Waals surface area contributed by atoms with E-state index in [1.54, 1.807) is 42.5 Å². The predicted molar refractivity (Wildman–Crippen MR) is 118 cm³/mol. The summed E-state index contributed by atoms with van der Waals surface area (Å²) < 4.78 is 11.4.